The molecule has 0 spiro atoms. The van der Waals surface area contributed by atoms with Crippen molar-refractivity contribution in [2.75, 3.05) is 6.61 Å². The van der Waals surface area contributed by atoms with Crippen LogP contribution in [-0.4, -0.2) is 18.4 Å². The zero-order valence-corrected chi connectivity index (χ0v) is 12.7. The van der Waals surface area contributed by atoms with Crippen molar-refractivity contribution in [2.45, 2.75) is 51.4 Å². The van der Waals surface area contributed by atoms with Crippen molar-refractivity contribution in [3.63, 3.8) is 0 Å². The lowest BCUT2D eigenvalue weighted by atomic mass is 9.86. The summed E-state index contributed by atoms with van der Waals surface area (Å²) in [5.74, 6) is 0.391. The Kier molecular flexibility index (Phi) is 5.97. The van der Waals surface area contributed by atoms with E-state index in [1.54, 1.807) is 0 Å². The first-order valence-electron chi connectivity index (χ1n) is 7.91. The Hall–Kier alpha value is -1.64. The second-order valence-electron chi connectivity index (χ2n) is 5.92. The largest absolute Gasteiger partial charge is 0.466 e. The molecule has 0 bridgehead atoms. The molecule has 0 radical (unpaired) electrons. The van der Waals surface area contributed by atoms with Crippen molar-refractivity contribution in [1.29, 1.82) is 0 Å². The van der Waals surface area contributed by atoms with Crippen LogP contribution in [0.5, 0.6) is 0 Å². The fourth-order valence-electron chi connectivity index (χ4n) is 3.07. The summed E-state index contributed by atoms with van der Waals surface area (Å²) in [6.45, 7) is 2.57. The third kappa shape index (κ3) is 5.00. The van der Waals surface area contributed by atoms with Gasteiger partial charge in [-0.2, -0.15) is 0 Å². The lowest BCUT2D eigenvalue weighted by molar-refractivity contribution is -0.145. The number of carbonyl (C=O) groups excluding carboxylic acids is 2. The van der Waals surface area contributed by atoms with Gasteiger partial charge in [0.05, 0.1) is 13.0 Å². The third-order valence-corrected chi connectivity index (χ3v) is 4.16. The number of cyclic esters (lactones) is 1. The molecule has 2 atom stereocenters. The lowest BCUT2D eigenvalue weighted by Gasteiger charge is -2.21. The van der Waals surface area contributed by atoms with Crippen LogP contribution in [0.3, 0.4) is 0 Å². The maximum Gasteiger partial charge on any atom is 0.306 e. The molecule has 21 heavy (non-hydrogen) atoms. The minimum atomic E-state index is -0.186. The van der Waals surface area contributed by atoms with Gasteiger partial charge in [0.15, 0.2) is 0 Å². The lowest BCUT2D eigenvalue weighted by Crippen LogP contribution is -2.20. The Labute approximate surface area is 126 Å². The number of hydrogen-bond donors (Lipinski definition) is 0. The number of Topliss-reactive ketones (excluding diaryl/α,β-unsaturated/α-hetero) is 1. The Balaban J connectivity index is 2.11. The predicted octanol–water partition coefficient (Wildman–Crippen LogP) is 3.87. The van der Waals surface area contributed by atoms with E-state index >= 15 is 0 Å². The summed E-state index contributed by atoms with van der Waals surface area (Å²) in [6.07, 6.45) is 4.26. The molecule has 1 unspecified atom stereocenters. The fourth-order valence-corrected chi connectivity index (χ4v) is 3.07. The topological polar surface area (TPSA) is 43.4 Å². The van der Waals surface area contributed by atoms with Crippen LogP contribution in [0.25, 0.3) is 0 Å². The molecule has 0 amide bonds. The molecular weight excluding hydrogens is 264 g/mol. The molecule has 1 aromatic carbocycles. The molecule has 1 heterocycles. The Morgan fingerprint density at radius 2 is 1.86 bits per heavy atom. The summed E-state index contributed by atoms with van der Waals surface area (Å²) in [6, 6.07) is 9.82. The number of ether oxygens (including phenoxy) is 1. The number of carbonyl (C=O) groups is 2. The van der Waals surface area contributed by atoms with Crippen LogP contribution in [-0.2, 0) is 14.3 Å². The van der Waals surface area contributed by atoms with Crippen LogP contribution >= 0.6 is 0 Å². The number of hydrogen-bond acceptors (Lipinski definition) is 3. The second kappa shape index (κ2) is 7.96. The van der Waals surface area contributed by atoms with Crippen LogP contribution in [0.1, 0.15) is 56.9 Å². The second-order valence-corrected chi connectivity index (χ2v) is 5.92. The average molecular weight is 288 g/mol. The summed E-state index contributed by atoms with van der Waals surface area (Å²) in [7, 11) is 0. The van der Waals surface area contributed by atoms with Crippen molar-refractivity contribution in [1.82, 2.24) is 0 Å². The van der Waals surface area contributed by atoms with E-state index < -0.39 is 0 Å². The zero-order valence-electron chi connectivity index (χ0n) is 12.7. The molecule has 1 saturated heterocycles. The minimum Gasteiger partial charge on any atom is -0.466 e. The highest BCUT2D eigenvalue weighted by Gasteiger charge is 2.24. The van der Waals surface area contributed by atoms with Crippen LogP contribution in [0, 0.1) is 5.92 Å². The van der Waals surface area contributed by atoms with E-state index in [0.717, 1.165) is 24.8 Å². The molecular formula is C18H24O3. The van der Waals surface area contributed by atoms with Crippen LogP contribution in [0.15, 0.2) is 30.3 Å². The van der Waals surface area contributed by atoms with Gasteiger partial charge in [-0.25, -0.2) is 0 Å². The summed E-state index contributed by atoms with van der Waals surface area (Å²) < 4.78 is 5.33. The Morgan fingerprint density at radius 1 is 1.10 bits per heavy atom. The number of rotatable bonds is 3. The molecule has 0 aliphatic carbocycles. The van der Waals surface area contributed by atoms with E-state index in [9.17, 15) is 9.59 Å². The van der Waals surface area contributed by atoms with Gasteiger partial charge in [0.1, 0.15) is 5.78 Å². The van der Waals surface area contributed by atoms with Crippen molar-refractivity contribution in [3.05, 3.63) is 35.9 Å². The molecule has 1 aliphatic heterocycles. The smallest absolute Gasteiger partial charge is 0.306 e. The normalized spacial score (nSPS) is 24.4. The fraction of sp³-hybridized carbons (Fsp3) is 0.556. The number of ketones is 1. The molecule has 0 saturated carbocycles. The highest BCUT2D eigenvalue weighted by molar-refractivity contribution is 5.81. The summed E-state index contributed by atoms with van der Waals surface area (Å²) in [5, 5.41) is 0. The first kappa shape index (κ1) is 15.7. The molecule has 1 aliphatic rings. The van der Waals surface area contributed by atoms with Gasteiger partial charge < -0.3 is 4.74 Å². The van der Waals surface area contributed by atoms with Crippen molar-refractivity contribution < 1.29 is 14.3 Å². The number of benzene rings is 1. The monoisotopic (exact) mass is 288 g/mol. The summed E-state index contributed by atoms with van der Waals surface area (Å²) in [5.41, 5.74) is 1.05. The van der Waals surface area contributed by atoms with Gasteiger partial charge in [-0.1, -0.05) is 50.1 Å². The maximum atomic E-state index is 12.3. The molecule has 3 nitrogen and oxygen atoms in total. The minimum absolute atomic E-state index is 0.0495. The molecule has 3 heteroatoms. The first-order valence-corrected chi connectivity index (χ1v) is 7.91. The SMILES string of the molecule is CCC[C@@H]1CCOC(=O)CC(c2ccccc2)CC(=O)C1. The van der Waals surface area contributed by atoms with Gasteiger partial charge in [-0.05, 0) is 17.9 Å². The van der Waals surface area contributed by atoms with E-state index in [4.69, 9.17) is 4.74 Å². The van der Waals surface area contributed by atoms with Crippen molar-refractivity contribution in [3.8, 4) is 0 Å². The average Bonchev–Trinajstić information content (AvgIpc) is 2.47. The van der Waals surface area contributed by atoms with Gasteiger partial charge >= 0.3 is 5.97 Å². The molecule has 1 fully saturated rings. The van der Waals surface area contributed by atoms with E-state index in [1.165, 1.54) is 0 Å². The van der Waals surface area contributed by atoms with E-state index in [0.29, 0.717) is 31.8 Å². The molecule has 2 rings (SSSR count). The standard InChI is InChI=1S/C18H24O3/c1-2-6-14-9-10-21-18(20)13-16(12-17(19)11-14)15-7-4-3-5-8-15/h3-5,7-8,14,16H,2,6,9-13H2,1H3/t14-,16?/m1/s1. The highest BCUT2D eigenvalue weighted by atomic mass is 16.5. The molecule has 114 valence electrons. The summed E-state index contributed by atoms with van der Waals surface area (Å²) >= 11 is 0. The predicted molar refractivity (Wildman–Crippen MR) is 82.0 cm³/mol. The van der Waals surface area contributed by atoms with Crippen molar-refractivity contribution >= 4 is 11.8 Å². The van der Waals surface area contributed by atoms with Crippen LogP contribution in [0.4, 0.5) is 0 Å². The van der Waals surface area contributed by atoms with E-state index in [-0.39, 0.29) is 17.7 Å². The Bertz CT molecular complexity index is 467. The van der Waals surface area contributed by atoms with Gasteiger partial charge in [-0.15, -0.1) is 0 Å². The van der Waals surface area contributed by atoms with E-state index in [1.807, 2.05) is 30.3 Å². The summed E-state index contributed by atoms with van der Waals surface area (Å²) in [4.78, 5) is 24.2. The van der Waals surface area contributed by atoms with Gasteiger partial charge in [0.2, 0.25) is 0 Å². The Morgan fingerprint density at radius 3 is 2.57 bits per heavy atom. The van der Waals surface area contributed by atoms with Crippen LogP contribution < -0.4 is 0 Å². The van der Waals surface area contributed by atoms with Gasteiger partial charge in [0.25, 0.3) is 0 Å². The third-order valence-electron chi connectivity index (χ3n) is 4.16. The van der Waals surface area contributed by atoms with E-state index in [2.05, 4.69) is 6.92 Å². The van der Waals surface area contributed by atoms with Crippen molar-refractivity contribution in [2.24, 2.45) is 5.92 Å². The molecule has 1 aromatic rings. The molecule has 0 N–H and O–H groups in total. The first-order chi connectivity index (χ1) is 10.2. The van der Waals surface area contributed by atoms with Gasteiger partial charge in [0, 0.05) is 18.8 Å². The maximum absolute atomic E-state index is 12.3. The van der Waals surface area contributed by atoms with Gasteiger partial charge in [-0.3, -0.25) is 9.59 Å². The quantitative estimate of drug-likeness (QED) is 0.793. The highest BCUT2D eigenvalue weighted by Crippen LogP contribution is 2.28. The number of esters is 1. The zero-order chi connectivity index (χ0) is 15.1. The molecule has 0 aromatic heterocycles. The van der Waals surface area contributed by atoms with Crippen LogP contribution in [0.2, 0.25) is 0 Å².